The number of hydrogen-bond donors (Lipinski definition) is 1. The van der Waals surface area contributed by atoms with Gasteiger partial charge in [0.05, 0.1) is 0 Å². The summed E-state index contributed by atoms with van der Waals surface area (Å²) in [4.78, 5) is 4.03. The normalized spacial score (nSPS) is 19.2. The standard InChI is InChI=1S/C12H13F3N4/c13-12(14,15)9-5-10-17-6-8(7-19(10)18-9)11(16)3-1-2-4-11/h5-7H,1-4,16H2. The van der Waals surface area contributed by atoms with Crippen LogP contribution in [0, 0.1) is 0 Å². The van der Waals surface area contributed by atoms with Gasteiger partial charge in [-0.05, 0) is 12.8 Å². The Morgan fingerprint density at radius 1 is 1.26 bits per heavy atom. The summed E-state index contributed by atoms with van der Waals surface area (Å²) < 4.78 is 38.9. The van der Waals surface area contributed by atoms with Crippen molar-refractivity contribution in [2.24, 2.45) is 5.73 Å². The molecule has 1 aliphatic rings. The molecule has 2 heterocycles. The van der Waals surface area contributed by atoms with Crippen molar-refractivity contribution in [2.45, 2.75) is 37.4 Å². The Hall–Kier alpha value is -1.63. The quantitative estimate of drug-likeness (QED) is 0.866. The molecule has 3 rings (SSSR count). The van der Waals surface area contributed by atoms with Crippen LogP contribution in [0.4, 0.5) is 13.2 Å². The molecule has 0 amide bonds. The van der Waals surface area contributed by atoms with E-state index in [9.17, 15) is 13.2 Å². The first-order valence-corrected chi connectivity index (χ1v) is 6.10. The summed E-state index contributed by atoms with van der Waals surface area (Å²) in [6.45, 7) is 0. The highest BCUT2D eigenvalue weighted by Gasteiger charge is 2.35. The Labute approximate surface area is 107 Å². The van der Waals surface area contributed by atoms with Crippen LogP contribution in [-0.4, -0.2) is 14.6 Å². The van der Waals surface area contributed by atoms with Crippen molar-refractivity contribution in [3.63, 3.8) is 0 Å². The number of halogens is 3. The minimum Gasteiger partial charge on any atom is -0.321 e. The Morgan fingerprint density at radius 2 is 1.95 bits per heavy atom. The van der Waals surface area contributed by atoms with Crippen molar-refractivity contribution < 1.29 is 13.2 Å². The van der Waals surface area contributed by atoms with E-state index in [4.69, 9.17) is 5.73 Å². The molecule has 0 spiro atoms. The SMILES string of the molecule is NC1(c2cnc3cc(C(F)(F)F)nn3c2)CCCC1. The van der Waals surface area contributed by atoms with E-state index < -0.39 is 17.4 Å². The predicted molar refractivity (Wildman–Crippen MR) is 62.3 cm³/mol. The van der Waals surface area contributed by atoms with Crippen molar-refractivity contribution in [2.75, 3.05) is 0 Å². The van der Waals surface area contributed by atoms with E-state index in [0.717, 1.165) is 41.8 Å². The molecular weight excluding hydrogens is 257 g/mol. The summed E-state index contributed by atoms with van der Waals surface area (Å²) in [6.07, 6.45) is 2.37. The maximum absolute atomic E-state index is 12.6. The molecule has 4 nitrogen and oxygen atoms in total. The summed E-state index contributed by atoms with van der Waals surface area (Å²) >= 11 is 0. The highest BCUT2D eigenvalue weighted by Crippen LogP contribution is 2.36. The molecule has 1 saturated carbocycles. The number of hydrogen-bond acceptors (Lipinski definition) is 3. The maximum atomic E-state index is 12.6. The van der Waals surface area contributed by atoms with E-state index >= 15 is 0 Å². The Kier molecular flexibility index (Phi) is 2.57. The van der Waals surface area contributed by atoms with Gasteiger partial charge in [0.25, 0.3) is 0 Å². The van der Waals surface area contributed by atoms with Gasteiger partial charge in [0.1, 0.15) is 0 Å². The smallest absolute Gasteiger partial charge is 0.321 e. The first kappa shape index (κ1) is 12.4. The van der Waals surface area contributed by atoms with Crippen molar-refractivity contribution in [1.29, 1.82) is 0 Å². The highest BCUT2D eigenvalue weighted by atomic mass is 19.4. The van der Waals surface area contributed by atoms with E-state index in [1.165, 1.54) is 0 Å². The predicted octanol–water partition coefficient (Wildman–Crippen LogP) is 2.48. The molecule has 1 fully saturated rings. The molecule has 0 unspecified atom stereocenters. The Balaban J connectivity index is 2.06. The molecule has 0 radical (unpaired) electrons. The average molecular weight is 270 g/mol. The van der Waals surface area contributed by atoms with Crippen molar-refractivity contribution in [3.8, 4) is 0 Å². The van der Waals surface area contributed by atoms with Gasteiger partial charge in [-0.2, -0.15) is 18.3 Å². The van der Waals surface area contributed by atoms with Gasteiger partial charge in [0.2, 0.25) is 0 Å². The second kappa shape index (κ2) is 3.93. The van der Waals surface area contributed by atoms with Gasteiger partial charge < -0.3 is 5.73 Å². The fraction of sp³-hybridized carbons (Fsp3) is 0.500. The lowest BCUT2D eigenvalue weighted by molar-refractivity contribution is -0.141. The zero-order valence-electron chi connectivity index (χ0n) is 10.1. The van der Waals surface area contributed by atoms with E-state index in [-0.39, 0.29) is 5.65 Å². The molecular formula is C12H13F3N4. The minimum absolute atomic E-state index is 0.178. The average Bonchev–Trinajstić information content (AvgIpc) is 2.93. The zero-order chi connectivity index (χ0) is 13.7. The molecule has 102 valence electrons. The topological polar surface area (TPSA) is 56.2 Å². The van der Waals surface area contributed by atoms with Crippen LogP contribution in [0.5, 0.6) is 0 Å². The fourth-order valence-corrected chi connectivity index (χ4v) is 2.57. The first-order valence-electron chi connectivity index (χ1n) is 6.10. The molecule has 2 N–H and O–H groups in total. The molecule has 0 saturated heterocycles. The molecule has 1 aliphatic carbocycles. The third-order valence-corrected chi connectivity index (χ3v) is 3.67. The second-order valence-corrected chi connectivity index (χ2v) is 5.04. The molecule has 2 aromatic rings. The molecule has 19 heavy (non-hydrogen) atoms. The largest absolute Gasteiger partial charge is 0.435 e. The maximum Gasteiger partial charge on any atom is 0.435 e. The molecule has 0 bridgehead atoms. The van der Waals surface area contributed by atoms with Crippen LogP contribution in [0.2, 0.25) is 0 Å². The summed E-state index contributed by atoms with van der Waals surface area (Å²) in [7, 11) is 0. The van der Waals surface area contributed by atoms with Crippen molar-refractivity contribution >= 4 is 5.65 Å². The van der Waals surface area contributed by atoms with Crippen molar-refractivity contribution in [3.05, 3.63) is 29.7 Å². The van der Waals surface area contributed by atoms with Crippen LogP contribution >= 0.6 is 0 Å². The van der Waals surface area contributed by atoms with Crippen LogP contribution < -0.4 is 5.73 Å². The van der Waals surface area contributed by atoms with E-state index in [1.54, 1.807) is 12.4 Å². The monoisotopic (exact) mass is 270 g/mol. The number of nitrogens with zero attached hydrogens (tertiary/aromatic N) is 3. The fourth-order valence-electron chi connectivity index (χ4n) is 2.57. The Morgan fingerprint density at radius 3 is 2.58 bits per heavy atom. The van der Waals surface area contributed by atoms with Gasteiger partial charge in [0, 0.05) is 29.6 Å². The third-order valence-electron chi connectivity index (χ3n) is 3.67. The molecule has 0 aromatic carbocycles. The van der Waals surface area contributed by atoms with E-state index in [2.05, 4.69) is 10.1 Å². The first-order chi connectivity index (χ1) is 8.88. The third kappa shape index (κ3) is 2.07. The molecule has 2 aromatic heterocycles. The lowest BCUT2D eigenvalue weighted by Crippen LogP contribution is -2.33. The van der Waals surface area contributed by atoms with Crippen LogP contribution in [-0.2, 0) is 11.7 Å². The summed E-state index contributed by atoms with van der Waals surface area (Å²) in [5.74, 6) is 0. The van der Waals surface area contributed by atoms with Gasteiger partial charge in [0.15, 0.2) is 11.3 Å². The number of nitrogens with two attached hydrogens (primary N) is 1. The van der Waals surface area contributed by atoms with Gasteiger partial charge in [-0.1, -0.05) is 12.8 Å². The lowest BCUT2D eigenvalue weighted by Gasteiger charge is -2.23. The second-order valence-electron chi connectivity index (χ2n) is 5.04. The number of aromatic nitrogens is 3. The van der Waals surface area contributed by atoms with Crippen molar-refractivity contribution in [1.82, 2.24) is 14.6 Å². The summed E-state index contributed by atoms with van der Waals surface area (Å²) in [5, 5.41) is 3.52. The minimum atomic E-state index is -4.46. The van der Waals surface area contributed by atoms with E-state index in [1.807, 2.05) is 0 Å². The van der Waals surface area contributed by atoms with Crippen LogP contribution in [0.25, 0.3) is 5.65 Å². The summed E-state index contributed by atoms with van der Waals surface area (Å²) in [6, 6.07) is 0.932. The molecule has 7 heteroatoms. The van der Waals surface area contributed by atoms with Crippen LogP contribution in [0.1, 0.15) is 36.9 Å². The van der Waals surface area contributed by atoms with Gasteiger partial charge in [-0.15, -0.1) is 0 Å². The Bertz CT molecular complexity index is 611. The zero-order valence-corrected chi connectivity index (χ0v) is 10.1. The van der Waals surface area contributed by atoms with Gasteiger partial charge in [-0.3, -0.25) is 0 Å². The highest BCUT2D eigenvalue weighted by molar-refractivity contribution is 5.41. The van der Waals surface area contributed by atoms with E-state index in [0.29, 0.717) is 0 Å². The number of alkyl halides is 3. The molecule has 0 atom stereocenters. The van der Waals surface area contributed by atoms with Crippen LogP contribution in [0.15, 0.2) is 18.5 Å². The van der Waals surface area contributed by atoms with Crippen LogP contribution in [0.3, 0.4) is 0 Å². The molecule has 0 aliphatic heterocycles. The number of rotatable bonds is 1. The van der Waals surface area contributed by atoms with Gasteiger partial charge >= 0.3 is 6.18 Å². The van der Waals surface area contributed by atoms with Gasteiger partial charge in [-0.25, -0.2) is 9.50 Å². The lowest BCUT2D eigenvalue weighted by atomic mass is 9.92. The summed E-state index contributed by atoms with van der Waals surface area (Å²) in [5.41, 5.74) is 5.77. The number of fused-ring (bicyclic) bond motifs is 1.